The molecular formula is C30H33N3O5. The van der Waals surface area contributed by atoms with Crippen molar-refractivity contribution in [2.75, 3.05) is 19.0 Å². The Morgan fingerprint density at radius 1 is 1.03 bits per heavy atom. The molecule has 1 heterocycles. The molecule has 2 atom stereocenters. The molecule has 0 aliphatic carbocycles. The number of hydrogen-bond donors (Lipinski definition) is 2. The van der Waals surface area contributed by atoms with E-state index in [4.69, 9.17) is 9.47 Å². The molecule has 1 fully saturated rings. The van der Waals surface area contributed by atoms with Crippen molar-refractivity contribution in [3.63, 3.8) is 0 Å². The Morgan fingerprint density at radius 3 is 2.39 bits per heavy atom. The third-order valence-electron chi connectivity index (χ3n) is 6.34. The van der Waals surface area contributed by atoms with E-state index in [1.807, 2.05) is 45.0 Å². The first-order chi connectivity index (χ1) is 18.2. The van der Waals surface area contributed by atoms with Gasteiger partial charge in [-0.1, -0.05) is 61.9 Å². The smallest absolute Gasteiger partial charge is 0.411 e. The number of aryl methyl sites for hydroxylation is 1. The Hall–Kier alpha value is -4.33. The van der Waals surface area contributed by atoms with Gasteiger partial charge >= 0.3 is 6.09 Å². The van der Waals surface area contributed by atoms with E-state index in [0.717, 1.165) is 11.1 Å². The summed E-state index contributed by atoms with van der Waals surface area (Å²) in [5.41, 5.74) is 3.72. The second-order valence-corrected chi connectivity index (χ2v) is 9.81. The summed E-state index contributed by atoms with van der Waals surface area (Å²) in [4.78, 5) is 40.4. The fraction of sp³-hybridized carbons (Fsp3) is 0.300. The normalized spacial score (nSPS) is 16.8. The van der Waals surface area contributed by atoms with Gasteiger partial charge in [0, 0.05) is 17.8 Å². The quantitative estimate of drug-likeness (QED) is 0.414. The number of hydrogen-bond acceptors (Lipinski definition) is 5. The summed E-state index contributed by atoms with van der Waals surface area (Å²) >= 11 is 0. The predicted molar refractivity (Wildman–Crippen MR) is 145 cm³/mol. The second-order valence-electron chi connectivity index (χ2n) is 9.81. The molecule has 1 aliphatic rings. The number of nitrogens with one attached hydrogen (secondary N) is 2. The predicted octanol–water partition coefficient (Wildman–Crippen LogP) is 5.09. The van der Waals surface area contributed by atoms with Gasteiger partial charge in [0.2, 0.25) is 5.91 Å². The molecule has 1 aliphatic heterocycles. The van der Waals surface area contributed by atoms with Crippen LogP contribution in [0.3, 0.4) is 0 Å². The SMILES string of the molecule is COc1cccc(C(=O)Nc2ccc([C@H]3OC(=O)N(Cc4ccc(C)cc4)[C@@H]3C(=O)NCC(C)C)cc2)c1. The van der Waals surface area contributed by atoms with Crippen molar-refractivity contribution in [2.45, 2.75) is 39.5 Å². The van der Waals surface area contributed by atoms with Crippen LogP contribution < -0.4 is 15.4 Å². The molecule has 4 rings (SSSR count). The fourth-order valence-electron chi connectivity index (χ4n) is 4.23. The highest BCUT2D eigenvalue weighted by Crippen LogP contribution is 2.34. The van der Waals surface area contributed by atoms with Gasteiger partial charge in [0.15, 0.2) is 12.1 Å². The highest BCUT2D eigenvalue weighted by Gasteiger charge is 2.46. The van der Waals surface area contributed by atoms with Crippen molar-refractivity contribution in [1.29, 1.82) is 0 Å². The third kappa shape index (κ3) is 6.32. The summed E-state index contributed by atoms with van der Waals surface area (Å²) in [7, 11) is 1.55. The van der Waals surface area contributed by atoms with Crippen LogP contribution in [-0.2, 0) is 16.1 Å². The Kier molecular flexibility index (Phi) is 8.31. The summed E-state index contributed by atoms with van der Waals surface area (Å²) in [5.74, 6) is 0.303. The van der Waals surface area contributed by atoms with Gasteiger partial charge < -0.3 is 20.1 Å². The van der Waals surface area contributed by atoms with E-state index in [0.29, 0.717) is 29.1 Å². The zero-order valence-corrected chi connectivity index (χ0v) is 22.1. The number of nitrogens with zero attached hydrogens (tertiary/aromatic N) is 1. The van der Waals surface area contributed by atoms with Gasteiger partial charge in [0.05, 0.1) is 13.7 Å². The van der Waals surface area contributed by atoms with E-state index >= 15 is 0 Å². The van der Waals surface area contributed by atoms with Crippen LogP contribution in [0.5, 0.6) is 5.75 Å². The van der Waals surface area contributed by atoms with Crippen LogP contribution in [0.15, 0.2) is 72.8 Å². The minimum atomic E-state index is -0.834. The lowest BCUT2D eigenvalue weighted by molar-refractivity contribution is -0.126. The molecule has 3 aromatic carbocycles. The van der Waals surface area contributed by atoms with Crippen LogP contribution >= 0.6 is 0 Å². The molecule has 0 bridgehead atoms. The van der Waals surface area contributed by atoms with E-state index in [2.05, 4.69) is 10.6 Å². The van der Waals surface area contributed by atoms with Crippen LogP contribution in [0.25, 0.3) is 0 Å². The summed E-state index contributed by atoms with van der Waals surface area (Å²) in [5, 5.41) is 5.81. The number of methoxy groups -OCH3 is 1. The number of carbonyl (C=O) groups is 3. The van der Waals surface area contributed by atoms with Gasteiger partial charge in [-0.05, 0) is 54.3 Å². The number of cyclic esters (lactones) is 1. The molecule has 2 N–H and O–H groups in total. The number of benzene rings is 3. The molecule has 1 saturated heterocycles. The van der Waals surface area contributed by atoms with Crippen molar-refractivity contribution in [2.24, 2.45) is 5.92 Å². The van der Waals surface area contributed by atoms with Crippen molar-refractivity contribution in [1.82, 2.24) is 10.2 Å². The standard InChI is InChI=1S/C30H33N3O5/c1-19(2)17-31-29(35)26-27(38-30(36)33(26)18-21-10-8-20(3)9-11-21)22-12-14-24(15-13-22)32-28(34)23-6-5-7-25(16-23)37-4/h5-16,19,26-27H,17-18H2,1-4H3,(H,31,35)(H,32,34)/t26-,27+/m0/s1. The first kappa shape index (κ1) is 26.7. The third-order valence-corrected chi connectivity index (χ3v) is 6.34. The minimum absolute atomic E-state index is 0.254. The fourth-order valence-corrected chi connectivity index (χ4v) is 4.23. The van der Waals surface area contributed by atoms with Gasteiger partial charge in [0.1, 0.15) is 5.75 Å². The molecule has 38 heavy (non-hydrogen) atoms. The van der Waals surface area contributed by atoms with Crippen LogP contribution in [-0.4, -0.2) is 42.5 Å². The zero-order valence-electron chi connectivity index (χ0n) is 22.1. The Morgan fingerprint density at radius 2 is 1.74 bits per heavy atom. The number of anilines is 1. The first-order valence-electron chi connectivity index (χ1n) is 12.6. The molecule has 0 spiro atoms. The Balaban J connectivity index is 1.54. The molecule has 0 radical (unpaired) electrons. The molecule has 8 heteroatoms. The maximum Gasteiger partial charge on any atom is 0.411 e. The van der Waals surface area contributed by atoms with Crippen LogP contribution in [0, 0.1) is 12.8 Å². The highest BCUT2D eigenvalue weighted by molar-refractivity contribution is 6.04. The van der Waals surface area contributed by atoms with Crippen LogP contribution in [0.2, 0.25) is 0 Å². The van der Waals surface area contributed by atoms with Crippen LogP contribution in [0.1, 0.15) is 47.0 Å². The summed E-state index contributed by atoms with van der Waals surface area (Å²) in [6.07, 6.45) is -1.33. The highest BCUT2D eigenvalue weighted by atomic mass is 16.6. The van der Waals surface area contributed by atoms with E-state index in [-0.39, 0.29) is 24.3 Å². The van der Waals surface area contributed by atoms with Crippen molar-refractivity contribution >= 4 is 23.6 Å². The lowest BCUT2D eigenvalue weighted by Gasteiger charge is -2.24. The van der Waals surface area contributed by atoms with Gasteiger partial charge in [-0.3, -0.25) is 14.5 Å². The molecule has 198 valence electrons. The molecule has 0 saturated carbocycles. The lowest BCUT2D eigenvalue weighted by Crippen LogP contribution is -2.47. The first-order valence-corrected chi connectivity index (χ1v) is 12.6. The summed E-state index contributed by atoms with van der Waals surface area (Å²) in [6.45, 7) is 6.76. The Bertz CT molecular complexity index is 1290. The summed E-state index contributed by atoms with van der Waals surface area (Å²) in [6, 6.07) is 20.9. The average Bonchev–Trinajstić information content (AvgIpc) is 3.24. The van der Waals surface area contributed by atoms with E-state index in [1.165, 1.54) is 4.90 Å². The van der Waals surface area contributed by atoms with Crippen molar-refractivity contribution in [3.8, 4) is 5.75 Å². The largest absolute Gasteiger partial charge is 0.497 e. The van der Waals surface area contributed by atoms with Gasteiger partial charge in [0.25, 0.3) is 5.91 Å². The number of rotatable bonds is 9. The summed E-state index contributed by atoms with van der Waals surface area (Å²) < 4.78 is 10.9. The molecule has 3 aromatic rings. The van der Waals surface area contributed by atoms with Gasteiger partial charge in [-0.25, -0.2) is 4.79 Å². The van der Waals surface area contributed by atoms with Gasteiger partial charge in [-0.15, -0.1) is 0 Å². The number of amides is 3. The molecular weight excluding hydrogens is 482 g/mol. The second kappa shape index (κ2) is 11.8. The molecule has 0 unspecified atom stereocenters. The molecule has 8 nitrogen and oxygen atoms in total. The van der Waals surface area contributed by atoms with Crippen molar-refractivity contribution in [3.05, 3.63) is 95.1 Å². The number of carbonyl (C=O) groups excluding carboxylic acids is 3. The molecule has 3 amide bonds. The average molecular weight is 516 g/mol. The van der Waals surface area contributed by atoms with Gasteiger partial charge in [-0.2, -0.15) is 0 Å². The topological polar surface area (TPSA) is 97.0 Å². The van der Waals surface area contributed by atoms with E-state index in [9.17, 15) is 14.4 Å². The maximum atomic E-state index is 13.3. The maximum absolute atomic E-state index is 13.3. The van der Waals surface area contributed by atoms with Crippen LogP contribution in [0.4, 0.5) is 10.5 Å². The zero-order chi connectivity index (χ0) is 27.2. The number of ether oxygens (including phenoxy) is 2. The van der Waals surface area contributed by atoms with Crippen molar-refractivity contribution < 1.29 is 23.9 Å². The minimum Gasteiger partial charge on any atom is -0.497 e. The Labute approximate surface area is 222 Å². The lowest BCUT2D eigenvalue weighted by atomic mass is 10.00. The van der Waals surface area contributed by atoms with E-state index < -0.39 is 18.2 Å². The molecule has 0 aromatic heterocycles. The van der Waals surface area contributed by atoms with E-state index in [1.54, 1.807) is 55.6 Å². The monoisotopic (exact) mass is 515 g/mol.